The first-order valence-electron chi connectivity index (χ1n) is 11.2. The molecule has 0 unspecified atom stereocenters. The van der Waals surface area contributed by atoms with Crippen LogP contribution in [0.2, 0.25) is 0 Å². The zero-order valence-corrected chi connectivity index (χ0v) is 19.7. The molecule has 168 valence electrons. The van der Waals surface area contributed by atoms with E-state index in [-0.39, 0.29) is 0 Å². The van der Waals surface area contributed by atoms with E-state index < -0.39 is 0 Å². The number of aryl methyl sites for hydroxylation is 3. The van der Waals surface area contributed by atoms with Gasteiger partial charge in [0, 0.05) is 0 Å². The van der Waals surface area contributed by atoms with E-state index in [2.05, 4.69) is 55.4 Å². The first kappa shape index (κ1) is 24.5. The third-order valence-corrected chi connectivity index (χ3v) is 5.22. The number of ether oxygens (including phenoxy) is 2. The van der Waals surface area contributed by atoms with Crippen molar-refractivity contribution in [3.8, 4) is 11.5 Å². The third-order valence-electron chi connectivity index (χ3n) is 5.22. The Morgan fingerprint density at radius 3 is 2.26 bits per heavy atom. The van der Waals surface area contributed by atoms with Crippen molar-refractivity contribution < 1.29 is 14.3 Å². The molecule has 0 heterocycles. The van der Waals surface area contributed by atoms with E-state index in [0.29, 0.717) is 6.61 Å². The van der Waals surface area contributed by atoms with Gasteiger partial charge in [-0.15, -0.1) is 0 Å². The molecule has 2 rings (SSSR count). The Kier molecular flexibility index (Phi) is 10.7. The van der Waals surface area contributed by atoms with Gasteiger partial charge in [-0.05, 0) is 81.3 Å². The summed E-state index contributed by atoms with van der Waals surface area (Å²) in [6.07, 6.45) is 9.76. The molecule has 0 fully saturated rings. The van der Waals surface area contributed by atoms with Crippen molar-refractivity contribution in [2.45, 2.75) is 59.8 Å². The second-order valence-corrected chi connectivity index (χ2v) is 7.84. The van der Waals surface area contributed by atoms with Crippen molar-refractivity contribution in [2.24, 2.45) is 5.16 Å². The molecule has 2 aromatic carbocycles. The second-order valence-electron chi connectivity index (χ2n) is 7.84. The second kappa shape index (κ2) is 13.5. The fraction of sp³-hybridized carbons (Fsp3) is 0.444. The summed E-state index contributed by atoms with van der Waals surface area (Å²) in [5.74, 6) is 1.89. The molecular weight excluding hydrogens is 386 g/mol. The molecule has 0 aliphatic carbocycles. The Bertz CT molecular complexity index is 830. The van der Waals surface area contributed by atoms with Gasteiger partial charge in [0.1, 0.15) is 25.2 Å². The lowest BCUT2D eigenvalue weighted by atomic mass is 10.0. The number of allylic oxidation sites excluding steroid dienone is 1. The number of hydrogen-bond acceptors (Lipinski definition) is 4. The van der Waals surface area contributed by atoms with Crippen LogP contribution in [-0.4, -0.2) is 26.0 Å². The number of unbranched alkanes of at least 4 members (excludes halogenated alkanes) is 3. The molecule has 0 bridgehead atoms. The van der Waals surface area contributed by atoms with E-state index in [1.165, 1.54) is 24.8 Å². The Labute approximate surface area is 187 Å². The maximum atomic E-state index is 6.08. The van der Waals surface area contributed by atoms with Crippen molar-refractivity contribution in [1.82, 2.24) is 0 Å². The van der Waals surface area contributed by atoms with Gasteiger partial charge >= 0.3 is 0 Å². The molecule has 0 aliphatic rings. The zero-order chi connectivity index (χ0) is 22.5. The van der Waals surface area contributed by atoms with E-state index in [1.54, 1.807) is 7.11 Å². The molecular formula is C27H37NO3. The third kappa shape index (κ3) is 8.49. The van der Waals surface area contributed by atoms with Crippen LogP contribution in [0, 0.1) is 13.8 Å². The fourth-order valence-corrected chi connectivity index (χ4v) is 3.52. The zero-order valence-electron chi connectivity index (χ0n) is 19.7. The normalized spacial score (nSPS) is 11.7. The van der Waals surface area contributed by atoms with Crippen molar-refractivity contribution >= 4 is 5.71 Å². The molecule has 0 aliphatic heterocycles. The first-order chi connectivity index (χ1) is 15.0. The van der Waals surface area contributed by atoms with Crippen LogP contribution in [0.15, 0.2) is 53.7 Å². The number of benzene rings is 2. The van der Waals surface area contributed by atoms with E-state index >= 15 is 0 Å². The van der Waals surface area contributed by atoms with Crippen LogP contribution in [0.3, 0.4) is 0 Å². The van der Waals surface area contributed by atoms with E-state index in [0.717, 1.165) is 53.3 Å². The Balaban J connectivity index is 1.67. The molecule has 0 radical (unpaired) electrons. The van der Waals surface area contributed by atoms with Crippen molar-refractivity contribution in [1.29, 1.82) is 0 Å². The van der Waals surface area contributed by atoms with Gasteiger partial charge in [0.05, 0.1) is 12.3 Å². The monoisotopic (exact) mass is 423 g/mol. The van der Waals surface area contributed by atoms with E-state index in [9.17, 15) is 0 Å². The highest BCUT2D eigenvalue weighted by atomic mass is 16.6. The average Bonchev–Trinajstić information content (AvgIpc) is 2.75. The highest BCUT2D eigenvalue weighted by molar-refractivity contribution is 5.98. The summed E-state index contributed by atoms with van der Waals surface area (Å²) in [4.78, 5) is 4.83. The van der Waals surface area contributed by atoms with Crippen LogP contribution in [0.5, 0.6) is 11.5 Å². The number of oxime groups is 1. The standard InChI is InChI=1S/C27H37NO3/c1-6-7-17-30-26-19-21(2)27(22(3)20-26)31-18-11-9-8-10-12-24-13-15-25(16-14-24)23(4)28-29-5/h6-7,13-16,19-20H,8-12,17-18H2,1-5H3/b7-6+,28-23?. The quantitative estimate of drug-likeness (QED) is 0.154. The topological polar surface area (TPSA) is 40.0 Å². The lowest BCUT2D eigenvalue weighted by Gasteiger charge is -2.14. The highest BCUT2D eigenvalue weighted by Gasteiger charge is 2.07. The predicted molar refractivity (Wildman–Crippen MR) is 130 cm³/mol. The summed E-state index contributed by atoms with van der Waals surface area (Å²) in [7, 11) is 1.57. The first-order valence-corrected chi connectivity index (χ1v) is 11.2. The molecule has 0 aromatic heterocycles. The smallest absolute Gasteiger partial charge is 0.125 e. The van der Waals surface area contributed by atoms with Gasteiger partial charge in [0.15, 0.2) is 0 Å². The van der Waals surface area contributed by atoms with E-state index in [1.807, 2.05) is 26.0 Å². The van der Waals surface area contributed by atoms with Gasteiger partial charge in [-0.25, -0.2) is 0 Å². The molecule has 2 aromatic rings. The fourth-order valence-electron chi connectivity index (χ4n) is 3.52. The summed E-state index contributed by atoms with van der Waals surface area (Å²) in [6, 6.07) is 12.7. The lowest BCUT2D eigenvalue weighted by molar-refractivity contribution is 0.213. The molecule has 0 atom stereocenters. The average molecular weight is 424 g/mol. The molecule has 0 spiro atoms. The Morgan fingerprint density at radius 1 is 0.935 bits per heavy atom. The van der Waals surface area contributed by atoms with Crippen LogP contribution in [0.1, 0.15) is 61.8 Å². The Morgan fingerprint density at radius 2 is 1.61 bits per heavy atom. The van der Waals surface area contributed by atoms with Gasteiger partial charge in [-0.3, -0.25) is 0 Å². The molecule has 0 saturated heterocycles. The SMILES string of the molecule is C/C=C/COc1cc(C)c(OCCCCCCc2ccc(C(C)=NOC)cc2)c(C)c1. The molecule has 0 saturated carbocycles. The van der Waals surface area contributed by atoms with Crippen molar-refractivity contribution in [3.05, 3.63) is 70.8 Å². The summed E-state index contributed by atoms with van der Waals surface area (Å²) < 4.78 is 11.8. The minimum absolute atomic E-state index is 0.599. The van der Waals surface area contributed by atoms with Crippen molar-refractivity contribution in [3.63, 3.8) is 0 Å². The minimum atomic E-state index is 0.599. The number of hydrogen-bond donors (Lipinski definition) is 0. The molecule has 0 N–H and O–H groups in total. The van der Waals surface area contributed by atoms with Crippen LogP contribution in [0.4, 0.5) is 0 Å². The summed E-state index contributed by atoms with van der Waals surface area (Å²) in [6.45, 7) is 9.47. The van der Waals surface area contributed by atoms with Crippen LogP contribution in [0.25, 0.3) is 0 Å². The van der Waals surface area contributed by atoms with Gasteiger partial charge in [-0.2, -0.15) is 0 Å². The van der Waals surface area contributed by atoms with Crippen molar-refractivity contribution in [2.75, 3.05) is 20.3 Å². The van der Waals surface area contributed by atoms with Crippen LogP contribution in [-0.2, 0) is 11.3 Å². The van der Waals surface area contributed by atoms with E-state index in [4.69, 9.17) is 14.3 Å². The van der Waals surface area contributed by atoms with Gasteiger partial charge in [-0.1, -0.05) is 54.4 Å². The predicted octanol–water partition coefficient (Wildman–Crippen LogP) is 6.81. The highest BCUT2D eigenvalue weighted by Crippen LogP contribution is 2.28. The van der Waals surface area contributed by atoms with Crippen LogP contribution < -0.4 is 9.47 Å². The number of nitrogens with zero attached hydrogens (tertiary/aromatic N) is 1. The molecule has 4 heteroatoms. The maximum absolute atomic E-state index is 6.08. The summed E-state index contributed by atoms with van der Waals surface area (Å²) in [5.41, 5.74) is 5.63. The largest absolute Gasteiger partial charge is 0.493 e. The lowest BCUT2D eigenvalue weighted by Crippen LogP contribution is -2.02. The number of rotatable bonds is 13. The Hall–Kier alpha value is -2.75. The molecule has 0 amide bonds. The summed E-state index contributed by atoms with van der Waals surface area (Å²) in [5, 5.41) is 3.98. The minimum Gasteiger partial charge on any atom is -0.493 e. The summed E-state index contributed by atoms with van der Waals surface area (Å²) >= 11 is 0. The molecule has 4 nitrogen and oxygen atoms in total. The van der Waals surface area contributed by atoms with Gasteiger partial charge in [0.2, 0.25) is 0 Å². The maximum Gasteiger partial charge on any atom is 0.125 e. The van der Waals surface area contributed by atoms with Gasteiger partial charge < -0.3 is 14.3 Å². The van der Waals surface area contributed by atoms with Gasteiger partial charge in [0.25, 0.3) is 0 Å². The molecule has 31 heavy (non-hydrogen) atoms. The van der Waals surface area contributed by atoms with Crippen LogP contribution >= 0.6 is 0 Å².